The van der Waals surface area contributed by atoms with Crippen LogP contribution in [0.25, 0.3) is 0 Å². The maximum Gasteiger partial charge on any atom is 0.123 e. The molecule has 19 heavy (non-hydrogen) atoms. The van der Waals surface area contributed by atoms with Gasteiger partial charge in [0.05, 0.1) is 13.2 Å². The minimum atomic E-state index is 0.552. The predicted octanol–water partition coefficient (Wildman–Crippen LogP) is 2.85. The van der Waals surface area contributed by atoms with Crippen LogP contribution in [0.2, 0.25) is 0 Å². The first-order chi connectivity index (χ1) is 9.25. The zero-order valence-electron chi connectivity index (χ0n) is 12.0. The van der Waals surface area contributed by atoms with Crippen LogP contribution in [0.4, 0.5) is 0 Å². The van der Waals surface area contributed by atoms with Gasteiger partial charge in [0, 0.05) is 24.6 Å². The zero-order chi connectivity index (χ0) is 13.5. The van der Waals surface area contributed by atoms with E-state index in [1.54, 1.807) is 0 Å². The second-order valence-electron chi connectivity index (χ2n) is 5.67. The smallest absolute Gasteiger partial charge is 0.123 e. The van der Waals surface area contributed by atoms with Gasteiger partial charge in [-0.1, -0.05) is 32.0 Å². The Hall–Kier alpha value is -1.06. The Morgan fingerprint density at radius 3 is 2.95 bits per heavy atom. The van der Waals surface area contributed by atoms with Gasteiger partial charge in [-0.05, 0) is 24.9 Å². The van der Waals surface area contributed by atoms with Crippen molar-refractivity contribution in [3.05, 3.63) is 29.8 Å². The van der Waals surface area contributed by atoms with Crippen molar-refractivity contribution in [3.63, 3.8) is 0 Å². The normalized spacial score (nSPS) is 19.0. The lowest BCUT2D eigenvalue weighted by molar-refractivity contribution is 0.166. The van der Waals surface area contributed by atoms with Crippen molar-refractivity contribution in [1.29, 1.82) is 0 Å². The minimum absolute atomic E-state index is 0.552. The highest BCUT2D eigenvalue weighted by molar-refractivity contribution is 5.33. The Morgan fingerprint density at radius 2 is 2.21 bits per heavy atom. The van der Waals surface area contributed by atoms with Gasteiger partial charge in [0.15, 0.2) is 0 Å². The zero-order valence-corrected chi connectivity index (χ0v) is 12.0. The largest absolute Gasteiger partial charge is 0.493 e. The molecule has 1 aromatic carbocycles. The van der Waals surface area contributed by atoms with Crippen LogP contribution in [0.5, 0.6) is 5.75 Å². The number of para-hydroxylation sites is 1. The Morgan fingerprint density at radius 1 is 1.37 bits per heavy atom. The predicted molar refractivity (Wildman–Crippen MR) is 77.4 cm³/mol. The Labute approximate surface area is 116 Å². The fourth-order valence-electron chi connectivity index (χ4n) is 2.21. The first kappa shape index (κ1) is 14.4. The molecule has 1 N–H and O–H groups in total. The molecule has 0 aromatic heterocycles. The van der Waals surface area contributed by atoms with Gasteiger partial charge in [0.1, 0.15) is 5.75 Å². The lowest BCUT2D eigenvalue weighted by atomic mass is 10.1. The summed E-state index contributed by atoms with van der Waals surface area (Å²) in [6.07, 6.45) is 1.12. The van der Waals surface area contributed by atoms with Crippen LogP contribution in [0.15, 0.2) is 24.3 Å². The molecule has 0 spiro atoms. The maximum atomic E-state index is 5.96. The molecule has 106 valence electrons. The molecule has 0 radical (unpaired) electrons. The topological polar surface area (TPSA) is 30.5 Å². The van der Waals surface area contributed by atoms with Gasteiger partial charge in [-0.3, -0.25) is 0 Å². The van der Waals surface area contributed by atoms with Crippen molar-refractivity contribution in [2.75, 3.05) is 26.4 Å². The molecule has 2 rings (SSSR count). The highest BCUT2D eigenvalue weighted by Gasteiger charge is 2.16. The van der Waals surface area contributed by atoms with Gasteiger partial charge >= 0.3 is 0 Å². The van der Waals surface area contributed by atoms with Crippen LogP contribution < -0.4 is 10.1 Å². The molecular formula is C16H25NO2. The number of ether oxygens (including phenoxy) is 2. The van der Waals surface area contributed by atoms with Gasteiger partial charge in [-0.15, -0.1) is 0 Å². The molecule has 1 saturated heterocycles. The molecule has 1 aliphatic rings. The van der Waals surface area contributed by atoms with Gasteiger partial charge in [0.25, 0.3) is 0 Å². The summed E-state index contributed by atoms with van der Waals surface area (Å²) < 4.78 is 11.3. The number of hydrogen-bond acceptors (Lipinski definition) is 3. The summed E-state index contributed by atoms with van der Waals surface area (Å²) in [7, 11) is 0. The Bertz CT molecular complexity index is 373. The van der Waals surface area contributed by atoms with E-state index in [9.17, 15) is 0 Å². The van der Waals surface area contributed by atoms with Crippen molar-refractivity contribution in [2.45, 2.75) is 26.8 Å². The van der Waals surface area contributed by atoms with E-state index in [-0.39, 0.29) is 0 Å². The average Bonchev–Trinajstić information content (AvgIpc) is 2.90. The molecular weight excluding hydrogens is 238 g/mol. The SMILES string of the molecule is CC(C)CNCc1ccccc1OCC1CCOC1. The highest BCUT2D eigenvalue weighted by Crippen LogP contribution is 2.20. The molecule has 0 saturated carbocycles. The molecule has 0 amide bonds. The first-order valence-electron chi connectivity index (χ1n) is 7.25. The van der Waals surface area contributed by atoms with Crippen LogP contribution in [0.1, 0.15) is 25.8 Å². The van der Waals surface area contributed by atoms with Crippen LogP contribution in [-0.2, 0) is 11.3 Å². The van der Waals surface area contributed by atoms with E-state index in [0.717, 1.165) is 45.1 Å². The third kappa shape index (κ3) is 4.84. The Balaban J connectivity index is 1.84. The maximum absolute atomic E-state index is 5.96. The highest BCUT2D eigenvalue weighted by atomic mass is 16.5. The van der Waals surface area contributed by atoms with E-state index in [1.807, 2.05) is 6.07 Å². The quantitative estimate of drug-likeness (QED) is 0.820. The van der Waals surface area contributed by atoms with Crippen molar-refractivity contribution in [3.8, 4) is 5.75 Å². The number of hydrogen-bond donors (Lipinski definition) is 1. The van der Waals surface area contributed by atoms with Crippen molar-refractivity contribution < 1.29 is 9.47 Å². The standard InChI is InChI=1S/C16H25NO2/c1-13(2)9-17-10-15-5-3-4-6-16(15)19-12-14-7-8-18-11-14/h3-6,13-14,17H,7-12H2,1-2H3. The molecule has 1 aromatic rings. The van der Waals surface area contributed by atoms with E-state index in [1.165, 1.54) is 5.56 Å². The Kier molecular flexibility index (Phi) is 5.67. The van der Waals surface area contributed by atoms with Gasteiger partial charge < -0.3 is 14.8 Å². The molecule has 1 atom stereocenters. The van der Waals surface area contributed by atoms with Crippen molar-refractivity contribution in [2.24, 2.45) is 11.8 Å². The third-order valence-electron chi connectivity index (χ3n) is 3.34. The van der Waals surface area contributed by atoms with Crippen molar-refractivity contribution >= 4 is 0 Å². The summed E-state index contributed by atoms with van der Waals surface area (Å²) in [5, 5.41) is 3.46. The van der Waals surface area contributed by atoms with Crippen LogP contribution in [0, 0.1) is 11.8 Å². The molecule has 1 unspecified atom stereocenters. The summed E-state index contributed by atoms with van der Waals surface area (Å²) in [6, 6.07) is 8.29. The summed E-state index contributed by atoms with van der Waals surface area (Å²) in [5.74, 6) is 2.23. The summed E-state index contributed by atoms with van der Waals surface area (Å²) in [5.41, 5.74) is 1.24. The monoisotopic (exact) mass is 263 g/mol. The number of nitrogens with one attached hydrogen (secondary N) is 1. The van der Waals surface area contributed by atoms with E-state index >= 15 is 0 Å². The molecule has 3 nitrogen and oxygen atoms in total. The summed E-state index contributed by atoms with van der Waals surface area (Å²) in [4.78, 5) is 0. The minimum Gasteiger partial charge on any atom is -0.493 e. The molecule has 1 heterocycles. The van der Waals surface area contributed by atoms with Gasteiger partial charge in [0.2, 0.25) is 0 Å². The first-order valence-corrected chi connectivity index (χ1v) is 7.25. The van der Waals surface area contributed by atoms with Crippen LogP contribution >= 0.6 is 0 Å². The van der Waals surface area contributed by atoms with Crippen LogP contribution in [0.3, 0.4) is 0 Å². The molecule has 1 aliphatic heterocycles. The van der Waals surface area contributed by atoms with E-state index in [4.69, 9.17) is 9.47 Å². The summed E-state index contributed by atoms with van der Waals surface area (Å²) >= 11 is 0. The second-order valence-corrected chi connectivity index (χ2v) is 5.67. The van der Waals surface area contributed by atoms with E-state index in [0.29, 0.717) is 11.8 Å². The van der Waals surface area contributed by atoms with Gasteiger partial charge in [-0.25, -0.2) is 0 Å². The van der Waals surface area contributed by atoms with Crippen molar-refractivity contribution in [1.82, 2.24) is 5.32 Å². The van der Waals surface area contributed by atoms with Crippen LogP contribution in [-0.4, -0.2) is 26.4 Å². The summed E-state index contributed by atoms with van der Waals surface area (Å²) in [6.45, 7) is 8.83. The molecule has 3 heteroatoms. The molecule has 1 fully saturated rings. The lowest BCUT2D eigenvalue weighted by Crippen LogP contribution is -2.20. The molecule has 0 bridgehead atoms. The average molecular weight is 263 g/mol. The number of rotatable bonds is 7. The fourth-order valence-corrected chi connectivity index (χ4v) is 2.21. The lowest BCUT2D eigenvalue weighted by Gasteiger charge is -2.15. The fraction of sp³-hybridized carbons (Fsp3) is 0.625. The van der Waals surface area contributed by atoms with Gasteiger partial charge in [-0.2, -0.15) is 0 Å². The molecule has 0 aliphatic carbocycles. The van der Waals surface area contributed by atoms with E-state index < -0.39 is 0 Å². The van der Waals surface area contributed by atoms with E-state index in [2.05, 4.69) is 37.4 Å². The number of benzene rings is 1. The second kappa shape index (κ2) is 7.51. The third-order valence-corrected chi connectivity index (χ3v) is 3.34.